The zero-order valence-corrected chi connectivity index (χ0v) is 27.4. The Morgan fingerprint density at radius 1 is 0.471 bits per heavy atom. The minimum Gasteiger partial charge on any atom is -0.357 e. The largest absolute Gasteiger partial charge is 0.357 e. The number of rotatable bonds is 23. The molecule has 202 valence electrons. The second-order valence-corrected chi connectivity index (χ2v) is 15.0. The summed E-state index contributed by atoms with van der Waals surface area (Å²) in [6.07, 6.45) is 18.0. The van der Waals surface area contributed by atoms with Gasteiger partial charge in [-0.25, -0.2) is 0 Å². The quantitative estimate of drug-likeness (QED) is 0.0656. The first-order valence-corrected chi connectivity index (χ1v) is 19.2. The molecule has 0 saturated heterocycles. The van der Waals surface area contributed by atoms with Gasteiger partial charge in [-0.3, -0.25) is 0 Å². The summed E-state index contributed by atoms with van der Waals surface area (Å²) in [4.78, 5) is 4.86. The van der Waals surface area contributed by atoms with E-state index in [1.54, 1.807) is 0 Å². The van der Waals surface area contributed by atoms with Gasteiger partial charge in [-0.2, -0.15) is 0 Å². The summed E-state index contributed by atoms with van der Waals surface area (Å²) in [6, 6.07) is 0. The monoisotopic (exact) mass is 584 g/mol. The number of nitrogens with zero attached hydrogens (tertiary/aromatic N) is 2. The van der Waals surface area contributed by atoms with Crippen LogP contribution in [0, 0.1) is 0 Å². The van der Waals surface area contributed by atoms with Crippen molar-refractivity contribution in [1.82, 2.24) is 9.80 Å². The molecule has 0 aliphatic carbocycles. The summed E-state index contributed by atoms with van der Waals surface area (Å²) in [5.74, 6) is 2.44. The number of unbranched alkanes of at least 4 members (excludes halogenated alkanes) is 9. The highest BCUT2D eigenvalue weighted by Gasteiger charge is 2.10. The van der Waals surface area contributed by atoms with Gasteiger partial charge in [0, 0.05) is 37.7 Å². The lowest BCUT2D eigenvalue weighted by molar-refractivity contribution is 0.411. The minimum absolute atomic E-state index is 1.10. The normalized spacial score (nSPS) is 11.1. The molecule has 0 aromatic heterocycles. The van der Waals surface area contributed by atoms with Crippen LogP contribution in [-0.4, -0.2) is 56.1 Å². The van der Waals surface area contributed by atoms with E-state index in [4.69, 9.17) is 24.4 Å². The molecule has 0 aromatic carbocycles. The Labute approximate surface area is 239 Å². The Hall–Kier alpha value is 1.18. The molecule has 0 spiro atoms. The molecule has 0 amide bonds. The predicted molar refractivity (Wildman–Crippen MR) is 176 cm³/mol. The maximum atomic E-state index is 5.69. The average Bonchev–Trinajstić information content (AvgIpc) is 2.84. The predicted octanol–water partition coefficient (Wildman–Crippen LogP) is 10.5. The van der Waals surface area contributed by atoms with E-state index in [0.29, 0.717) is 0 Å². The van der Waals surface area contributed by atoms with Gasteiger partial charge < -0.3 is 9.80 Å². The lowest BCUT2D eigenvalue weighted by atomic mass is 10.1. The summed E-state index contributed by atoms with van der Waals surface area (Å²) >= 11 is 11.4. The summed E-state index contributed by atoms with van der Waals surface area (Å²) < 4.78 is 2.20. The van der Waals surface area contributed by atoms with Crippen LogP contribution in [0.1, 0.15) is 118 Å². The molecule has 0 fully saturated rings. The van der Waals surface area contributed by atoms with E-state index in [2.05, 4.69) is 37.5 Å². The molecule has 34 heavy (non-hydrogen) atoms. The molecule has 0 saturated carbocycles. The summed E-state index contributed by atoms with van der Waals surface area (Å²) in [5, 5.41) is 0. The van der Waals surface area contributed by atoms with Crippen LogP contribution in [0.25, 0.3) is 0 Å². The van der Waals surface area contributed by atoms with Gasteiger partial charge in [0.2, 0.25) is 0 Å². The topological polar surface area (TPSA) is 6.48 Å². The zero-order chi connectivity index (χ0) is 25.3. The van der Waals surface area contributed by atoms with E-state index in [0.717, 1.165) is 34.8 Å². The van der Waals surface area contributed by atoms with Crippen molar-refractivity contribution in [3.63, 3.8) is 0 Å². The summed E-state index contributed by atoms with van der Waals surface area (Å²) in [7, 11) is 7.58. The van der Waals surface area contributed by atoms with Crippen molar-refractivity contribution in [1.29, 1.82) is 0 Å². The Morgan fingerprint density at radius 2 is 0.765 bits per heavy atom. The van der Waals surface area contributed by atoms with Gasteiger partial charge in [-0.15, -0.1) is 0 Å². The van der Waals surface area contributed by atoms with Gasteiger partial charge in [0.25, 0.3) is 0 Å². The van der Waals surface area contributed by atoms with Crippen molar-refractivity contribution < 1.29 is 0 Å². The van der Waals surface area contributed by atoms with Crippen LogP contribution in [0.3, 0.4) is 0 Å². The third-order valence-electron chi connectivity index (χ3n) is 5.61. The maximum Gasteiger partial charge on any atom is 0.147 e. The van der Waals surface area contributed by atoms with Gasteiger partial charge in [-0.1, -0.05) is 125 Å². The van der Waals surface area contributed by atoms with Gasteiger partial charge >= 0.3 is 0 Å². The highest BCUT2D eigenvalue weighted by molar-refractivity contribution is 8.84. The van der Waals surface area contributed by atoms with E-state index in [-0.39, 0.29) is 0 Å². The molecule has 0 radical (unpaired) electrons. The Kier molecular flexibility index (Phi) is 28.2. The van der Waals surface area contributed by atoms with E-state index in [1.165, 1.54) is 101 Å². The molecule has 0 heterocycles. The fraction of sp³-hybridized carbons (Fsp3) is 0.923. The fourth-order valence-electron chi connectivity index (χ4n) is 3.30. The van der Waals surface area contributed by atoms with Crippen LogP contribution in [-0.2, 0) is 0 Å². The third kappa shape index (κ3) is 21.3. The van der Waals surface area contributed by atoms with Crippen LogP contribution in [0.5, 0.6) is 0 Å². The molecule has 0 atom stereocenters. The van der Waals surface area contributed by atoms with Crippen molar-refractivity contribution >= 4 is 76.3 Å². The highest BCUT2D eigenvalue weighted by atomic mass is 33.1. The smallest absolute Gasteiger partial charge is 0.147 e. The van der Waals surface area contributed by atoms with Gasteiger partial charge in [0.1, 0.15) is 8.64 Å². The number of thiocarbonyl (C=S) groups is 2. The molecule has 0 aliphatic heterocycles. The van der Waals surface area contributed by atoms with E-state index in [9.17, 15) is 0 Å². The lowest BCUT2D eigenvalue weighted by Crippen LogP contribution is -2.29. The number of hydrogen-bond acceptors (Lipinski definition) is 6. The van der Waals surface area contributed by atoms with E-state index in [1.807, 2.05) is 43.2 Å². The standard InChI is InChI=1S/C26H52N2S6/c1-5-9-19-27(20-10-6-2)25(29)33-31-23-17-15-13-14-16-18-24-32-34-26(30)28(21-11-7-3)22-12-8-4/h5-24H2,1-4H3. The van der Waals surface area contributed by atoms with Crippen molar-refractivity contribution in [2.75, 3.05) is 37.7 Å². The van der Waals surface area contributed by atoms with Gasteiger partial charge in [0.15, 0.2) is 0 Å². The number of hydrogen-bond donors (Lipinski definition) is 0. The Bertz CT molecular complexity index is 420. The van der Waals surface area contributed by atoms with E-state index >= 15 is 0 Å². The summed E-state index contributed by atoms with van der Waals surface area (Å²) in [5.41, 5.74) is 0. The SMILES string of the molecule is CCCCN(CCCC)C(=S)SSCCCCCCCCSSC(=S)N(CCCC)CCCC. The molecule has 0 aromatic rings. The second kappa shape index (κ2) is 27.2. The van der Waals surface area contributed by atoms with Crippen molar-refractivity contribution in [2.24, 2.45) is 0 Å². The van der Waals surface area contributed by atoms with Crippen LogP contribution >= 0.6 is 67.6 Å². The average molecular weight is 585 g/mol. The van der Waals surface area contributed by atoms with Crippen LogP contribution in [0.4, 0.5) is 0 Å². The molecular formula is C26H52N2S6. The first-order chi connectivity index (χ1) is 16.6. The van der Waals surface area contributed by atoms with Crippen molar-refractivity contribution in [3.05, 3.63) is 0 Å². The zero-order valence-electron chi connectivity index (χ0n) is 22.5. The van der Waals surface area contributed by atoms with Crippen molar-refractivity contribution in [2.45, 2.75) is 118 Å². The lowest BCUT2D eigenvalue weighted by Gasteiger charge is -2.24. The van der Waals surface area contributed by atoms with Gasteiger partial charge in [0.05, 0.1) is 0 Å². The van der Waals surface area contributed by atoms with E-state index < -0.39 is 0 Å². The van der Waals surface area contributed by atoms with Gasteiger partial charge in [-0.05, 0) is 60.1 Å². The van der Waals surface area contributed by atoms with Crippen molar-refractivity contribution in [3.8, 4) is 0 Å². The maximum absolute atomic E-state index is 5.69. The first kappa shape index (κ1) is 35.2. The van der Waals surface area contributed by atoms with Crippen LogP contribution < -0.4 is 0 Å². The Balaban J connectivity index is 3.68. The molecule has 0 bridgehead atoms. The van der Waals surface area contributed by atoms with Crippen LogP contribution in [0.2, 0.25) is 0 Å². The molecule has 0 unspecified atom stereocenters. The fourth-order valence-corrected chi connectivity index (χ4v) is 8.57. The third-order valence-corrected chi connectivity index (χ3v) is 11.9. The second-order valence-electron chi connectivity index (χ2n) is 8.85. The highest BCUT2D eigenvalue weighted by Crippen LogP contribution is 2.28. The minimum atomic E-state index is 1.10. The molecule has 2 nitrogen and oxygen atoms in total. The summed E-state index contributed by atoms with van der Waals surface area (Å²) in [6.45, 7) is 13.5. The molecule has 0 rings (SSSR count). The van der Waals surface area contributed by atoms with Crippen LogP contribution in [0.15, 0.2) is 0 Å². The molecular weight excluding hydrogens is 533 g/mol. The molecule has 8 heteroatoms. The Morgan fingerprint density at radius 3 is 1.06 bits per heavy atom. The molecule has 0 N–H and O–H groups in total. The molecule has 0 aliphatic rings. The first-order valence-electron chi connectivity index (χ1n) is 13.8.